The first-order valence-electron chi connectivity index (χ1n) is 6.45. The monoisotopic (exact) mass is 283 g/mol. The average molecular weight is 283 g/mol. The molecule has 0 saturated carbocycles. The molecule has 1 aliphatic carbocycles. The summed E-state index contributed by atoms with van der Waals surface area (Å²) >= 11 is 1.74. The third-order valence-electron chi connectivity index (χ3n) is 3.28. The maximum atomic E-state index is 10.9. The molecule has 0 radical (unpaired) electrons. The molecule has 0 unspecified atom stereocenters. The lowest BCUT2D eigenvalue weighted by Crippen LogP contribution is -1.96. The van der Waals surface area contributed by atoms with Crippen LogP contribution in [0.15, 0.2) is 60.3 Å². The van der Waals surface area contributed by atoms with Gasteiger partial charge in [0.15, 0.2) is 0 Å². The minimum atomic E-state index is -0.346. The summed E-state index contributed by atoms with van der Waals surface area (Å²) in [5.74, 6) is 0. The number of rotatable bonds is 2. The van der Waals surface area contributed by atoms with Gasteiger partial charge >= 0.3 is 0 Å². The van der Waals surface area contributed by atoms with Crippen molar-refractivity contribution >= 4 is 27.0 Å². The summed E-state index contributed by atoms with van der Waals surface area (Å²) in [6.07, 6.45) is 8.66. The fourth-order valence-corrected chi connectivity index (χ4v) is 3.35. The molecule has 3 nitrogen and oxygen atoms in total. The fourth-order valence-electron chi connectivity index (χ4n) is 2.23. The summed E-state index contributed by atoms with van der Waals surface area (Å²) in [5, 5.41) is 12.1. The van der Waals surface area contributed by atoms with Crippen LogP contribution in [-0.2, 0) is 0 Å². The molecule has 0 aliphatic heterocycles. The Morgan fingerprint density at radius 1 is 1.20 bits per heavy atom. The molecule has 0 N–H and O–H groups in total. The molecule has 0 fully saturated rings. The third kappa shape index (κ3) is 2.56. The van der Waals surface area contributed by atoms with Crippen molar-refractivity contribution in [2.75, 3.05) is 0 Å². The van der Waals surface area contributed by atoms with Gasteiger partial charge in [0, 0.05) is 21.7 Å². The van der Waals surface area contributed by atoms with Gasteiger partial charge in [-0.25, -0.2) is 0 Å². The summed E-state index contributed by atoms with van der Waals surface area (Å²) in [5.41, 5.74) is 1.30. The number of fused-ring (bicyclic) bond motifs is 1. The van der Waals surface area contributed by atoms with Crippen molar-refractivity contribution in [1.29, 1.82) is 0 Å². The second-order valence-electron chi connectivity index (χ2n) is 4.63. The maximum Gasteiger partial charge on any atom is 0.269 e. The van der Waals surface area contributed by atoms with Crippen LogP contribution in [0.4, 0.5) is 0 Å². The van der Waals surface area contributed by atoms with Gasteiger partial charge < -0.3 is 0 Å². The largest absolute Gasteiger partial charge is 0.269 e. The second-order valence-corrected chi connectivity index (χ2v) is 5.71. The highest BCUT2D eigenvalue weighted by molar-refractivity contribution is 7.20. The van der Waals surface area contributed by atoms with Crippen LogP contribution in [0.2, 0.25) is 0 Å². The Labute approximate surface area is 120 Å². The van der Waals surface area contributed by atoms with E-state index in [1.807, 2.05) is 24.3 Å². The Bertz CT molecular complexity index is 720. The number of thiophene rings is 1. The minimum absolute atomic E-state index is 0.142. The molecule has 1 heterocycles. The van der Waals surface area contributed by atoms with Gasteiger partial charge in [-0.15, -0.1) is 11.3 Å². The smallest absolute Gasteiger partial charge is 0.258 e. The first-order chi connectivity index (χ1) is 9.74. The van der Waals surface area contributed by atoms with Crippen molar-refractivity contribution in [2.45, 2.75) is 12.8 Å². The van der Waals surface area contributed by atoms with Crippen LogP contribution in [0.5, 0.6) is 0 Å². The van der Waals surface area contributed by atoms with Gasteiger partial charge in [-0.05, 0) is 35.9 Å². The van der Waals surface area contributed by atoms with E-state index in [0.29, 0.717) is 0 Å². The first-order valence-corrected chi connectivity index (χ1v) is 7.26. The van der Waals surface area contributed by atoms with Crippen LogP contribution in [-0.4, -0.2) is 4.92 Å². The van der Waals surface area contributed by atoms with Crippen molar-refractivity contribution in [3.05, 3.63) is 75.3 Å². The molecule has 0 atom stereocenters. The molecular weight excluding hydrogens is 270 g/mol. The van der Waals surface area contributed by atoms with Gasteiger partial charge in [-0.1, -0.05) is 30.4 Å². The molecule has 0 bridgehead atoms. The highest BCUT2D eigenvalue weighted by Crippen LogP contribution is 2.33. The summed E-state index contributed by atoms with van der Waals surface area (Å²) in [6.45, 7) is 0. The molecule has 2 aromatic rings. The van der Waals surface area contributed by atoms with Crippen molar-refractivity contribution in [1.82, 2.24) is 0 Å². The fraction of sp³-hybridized carbons (Fsp3) is 0.125. The van der Waals surface area contributed by atoms with Gasteiger partial charge in [0.25, 0.3) is 5.70 Å². The van der Waals surface area contributed by atoms with Crippen molar-refractivity contribution in [3.63, 3.8) is 0 Å². The topological polar surface area (TPSA) is 43.1 Å². The Morgan fingerprint density at radius 3 is 2.85 bits per heavy atom. The van der Waals surface area contributed by atoms with E-state index in [9.17, 15) is 10.1 Å². The van der Waals surface area contributed by atoms with Gasteiger partial charge in [0.1, 0.15) is 0 Å². The van der Waals surface area contributed by atoms with E-state index in [1.165, 1.54) is 15.0 Å². The van der Waals surface area contributed by atoms with Crippen LogP contribution in [0.3, 0.4) is 0 Å². The third-order valence-corrected chi connectivity index (χ3v) is 4.47. The van der Waals surface area contributed by atoms with E-state index < -0.39 is 0 Å². The van der Waals surface area contributed by atoms with Crippen molar-refractivity contribution in [2.24, 2.45) is 0 Å². The molecule has 20 heavy (non-hydrogen) atoms. The van der Waals surface area contributed by atoms with E-state index in [-0.39, 0.29) is 10.6 Å². The van der Waals surface area contributed by atoms with E-state index in [1.54, 1.807) is 23.5 Å². The molecule has 0 spiro atoms. The van der Waals surface area contributed by atoms with Gasteiger partial charge in [-0.2, -0.15) is 0 Å². The van der Waals surface area contributed by atoms with Gasteiger partial charge in [0.05, 0.1) is 4.92 Å². The van der Waals surface area contributed by atoms with Crippen LogP contribution >= 0.6 is 11.3 Å². The highest BCUT2D eigenvalue weighted by atomic mass is 32.1. The van der Waals surface area contributed by atoms with Gasteiger partial charge in [-0.3, -0.25) is 10.1 Å². The van der Waals surface area contributed by atoms with Crippen molar-refractivity contribution < 1.29 is 4.92 Å². The predicted molar refractivity (Wildman–Crippen MR) is 83.3 cm³/mol. The molecule has 1 aromatic carbocycles. The number of allylic oxidation sites excluding steroid dienone is 5. The number of nitrogens with zero attached hydrogens (tertiary/aromatic N) is 1. The Balaban J connectivity index is 2.02. The molecule has 100 valence electrons. The summed E-state index contributed by atoms with van der Waals surface area (Å²) in [6, 6.07) is 10.4. The Kier molecular flexibility index (Phi) is 3.48. The molecule has 0 saturated heterocycles. The lowest BCUT2D eigenvalue weighted by Gasteiger charge is -2.04. The number of hydrogen-bond acceptors (Lipinski definition) is 3. The predicted octanol–water partition coefficient (Wildman–Crippen LogP) is 4.80. The maximum absolute atomic E-state index is 10.9. The quantitative estimate of drug-likeness (QED) is 0.587. The zero-order valence-corrected chi connectivity index (χ0v) is 11.6. The van der Waals surface area contributed by atoms with Gasteiger partial charge in [0.2, 0.25) is 0 Å². The molecule has 0 amide bonds. The van der Waals surface area contributed by atoms with E-state index in [0.717, 1.165) is 18.4 Å². The summed E-state index contributed by atoms with van der Waals surface area (Å²) in [4.78, 5) is 11.7. The lowest BCUT2D eigenvalue weighted by atomic mass is 10.0. The normalized spacial score (nSPS) is 22.2. The SMILES string of the molecule is O=[N+]([O-])C1=C/C=C(/c2cc3ccccc3s2)CC/C=C\1. The van der Waals surface area contributed by atoms with Crippen molar-refractivity contribution in [3.8, 4) is 0 Å². The number of hydrogen-bond donors (Lipinski definition) is 0. The summed E-state index contributed by atoms with van der Waals surface area (Å²) < 4.78 is 1.25. The first kappa shape index (κ1) is 12.8. The molecule has 1 aliphatic rings. The molecular formula is C16H13NO2S. The number of nitro groups is 1. The summed E-state index contributed by atoms with van der Waals surface area (Å²) in [7, 11) is 0. The van der Waals surface area contributed by atoms with Crippen LogP contribution < -0.4 is 0 Å². The molecule has 3 rings (SSSR count). The lowest BCUT2D eigenvalue weighted by molar-refractivity contribution is -0.419. The van der Waals surface area contributed by atoms with Crippen LogP contribution in [0.25, 0.3) is 15.7 Å². The average Bonchev–Trinajstić information content (AvgIpc) is 2.81. The zero-order chi connectivity index (χ0) is 13.9. The molecule has 4 heteroatoms. The highest BCUT2D eigenvalue weighted by Gasteiger charge is 2.10. The van der Waals surface area contributed by atoms with E-state index >= 15 is 0 Å². The van der Waals surface area contributed by atoms with Crippen LogP contribution in [0, 0.1) is 10.1 Å². The minimum Gasteiger partial charge on any atom is -0.258 e. The molecule has 1 aromatic heterocycles. The van der Waals surface area contributed by atoms with E-state index in [2.05, 4.69) is 18.2 Å². The van der Waals surface area contributed by atoms with Crippen LogP contribution in [0.1, 0.15) is 17.7 Å². The standard InChI is InChI=1S/C16H13NO2S/c18-17(19)14-7-3-1-5-12(9-10-14)16-11-13-6-2-4-8-15(13)20-16/h2-4,6-11H,1,5H2/b7-3-,12-9+,14-10+. The number of benzene rings is 1. The Hall–Kier alpha value is -2.20. The second kappa shape index (κ2) is 5.43. The zero-order valence-electron chi connectivity index (χ0n) is 10.8. The Morgan fingerprint density at radius 2 is 2.05 bits per heavy atom. The van der Waals surface area contributed by atoms with E-state index in [4.69, 9.17) is 0 Å².